The molecule has 1 aromatic heterocycles. The lowest BCUT2D eigenvalue weighted by molar-refractivity contribution is 0.0864. The zero-order chi connectivity index (χ0) is 20.8. The first-order valence-corrected chi connectivity index (χ1v) is 12.1. The van der Waals surface area contributed by atoms with Crippen molar-refractivity contribution in [3.8, 4) is 0 Å². The normalized spacial score (nSPS) is 26.1. The van der Waals surface area contributed by atoms with Crippen molar-refractivity contribution >= 4 is 26.9 Å². The van der Waals surface area contributed by atoms with Gasteiger partial charge in [-0.2, -0.15) is 4.31 Å². The minimum Gasteiger partial charge on any atom is -0.451 e. The molecule has 1 amide bonds. The summed E-state index contributed by atoms with van der Waals surface area (Å²) in [5, 5.41) is 3.83. The summed E-state index contributed by atoms with van der Waals surface area (Å²) in [5.41, 5.74) is 1.23. The third-order valence-corrected chi connectivity index (χ3v) is 8.73. The zero-order valence-corrected chi connectivity index (χ0v) is 18.2. The first-order chi connectivity index (χ1) is 13.8. The third kappa shape index (κ3) is 3.70. The topological polar surface area (TPSA) is 79.6 Å². The molecular formula is C22H30N2O4S. The lowest BCUT2D eigenvalue weighted by Gasteiger charge is -2.34. The molecule has 2 aliphatic rings. The van der Waals surface area contributed by atoms with Crippen LogP contribution < -0.4 is 5.32 Å². The fraction of sp³-hybridized carbons (Fsp3) is 0.591. The van der Waals surface area contributed by atoms with Gasteiger partial charge in [0, 0.05) is 30.1 Å². The molecule has 1 saturated carbocycles. The number of nitrogens with zero attached hydrogens (tertiary/aromatic N) is 1. The highest BCUT2D eigenvalue weighted by Crippen LogP contribution is 2.32. The quantitative estimate of drug-likeness (QED) is 0.811. The van der Waals surface area contributed by atoms with E-state index in [9.17, 15) is 13.2 Å². The van der Waals surface area contributed by atoms with E-state index in [0.29, 0.717) is 41.5 Å². The third-order valence-electron chi connectivity index (χ3n) is 6.84. The monoisotopic (exact) mass is 418 g/mol. The molecule has 2 aromatic rings. The predicted molar refractivity (Wildman–Crippen MR) is 112 cm³/mol. The van der Waals surface area contributed by atoms with Crippen LogP contribution in [0.25, 0.3) is 11.0 Å². The first kappa shape index (κ1) is 20.4. The Hall–Kier alpha value is -1.86. The van der Waals surface area contributed by atoms with Gasteiger partial charge in [0.2, 0.25) is 10.0 Å². The van der Waals surface area contributed by atoms with E-state index in [1.54, 1.807) is 18.2 Å². The second kappa shape index (κ2) is 7.76. The summed E-state index contributed by atoms with van der Waals surface area (Å²) >= 11 is 0. The van der Waals surface area contributed by atoms with E-state index in [0.717, 1.165) is 25.7 Å². The van der Waals surface area contributed by atoms with E-state index in [1.807, 2.05) is 6.92 Å². The molecule has 0 radical (unpaired) electrons. The number of nitrogens with one attached hydrogen (secondary N) is 1. The van der Waals surface area contributed by atoms with E-state index in [1.165, 1.54) is 10.7 Å². The molecule has 0 spiro atoms. The minimum absolute atomic E-state index is 0.143. The molecule has 2 heterocycles. The summed E-state index contributed by atoms with van der Waals surface area (Å²) < 4.78 is 33.1. The molecule has 1 aliphatic carbocycles. The minimum atomic E-state index is -3.50. The highest BCUT2D eigenvalue weighted by Gasteiger charge is 2.31. The van der Waals surface area contributed by atoms with Crippen molar-refractivity contribution in [2.75, 3.05) is 13.1 Å². The van der Waals surface area contributed by atoms with E-state index in [4.69, 9.17) is 4.42 Å². The Bertz CT molecular complexity index is 1020. The average Bonchev–Trinajstić information content (AvgIpc) is 3.34. The van der Waals surface area contributed by atoms with Crippen LogP contribution in [0.2, 0.25) is 0 Å². The lowest BCUT2D eigenvalue weighted by atomic mass is 9.78. The number of rotatable bonds is 4. The number of aryl methyl sites for hydroxylation is 1. The molecule has 3 unspecified atom stereocenters. The summed E-state index contributed by atoms with van der Waals surface area (Å²) in [6.07, 6.45) is 5.09. The Morgan fingerprint density at radius 1 is 1.14 bits per heavy atom. The van der Waals surface area contributed by atoms with E-state index < -0.39 is 10.0 Å². The van der Waals surface area contributed by atoms with Crippen molar-refractivity contribution in [2.24, 2.45) is 11.8 Å². The smallest absolute Gasteiger partial charge is 0.287 e. The number of hydrogen-bond acceptors (Lipinski definition) is 4. The Morgan fingerprint density at radius 3 is 2.59 bits per heavy atom. The maximum absolute atomic E-state index is 12.9. The summed E-state index contributed by atoms with van der Waals surface area (Å²) in [4.78, 5) is 13.2. The van der Waals surface area contributed by atoms with Crippen LogP contribution >= 0.6 is 0 Å². The van der Waals surface area contributed by atoms with Crippen molar-refractivity contribution in [3.63, 3.8) is 0 Å². The molecule has 1 aromatic carbocycles. The molecule has 1 N–H and O–H groups in total. The Labute approximate surface area is 172 Å². The van der Waals surface area contributed by atoms with Gasteiger partial charge >= 0.3 is 0 Å². The van der Waals surface area contributed by atoms with Crippen molar-refractivity contribution in [2.45, 2.75) is 63.8 Å². The molecule has 158 valence electrons. The molecule has 3 atom stereocenters. The number of carbonyl (C=O) groups is 1. The predicted octanol–water partition coefficient (Wildman–Crippen LogP) is 4.08. The second-order valence-electron chi connectivity index (χ2n) is 8.67. The number of fused-ring (bicyclic) bond motifs is 1. The molecule has 0 bridgehead atoms. The second-order valence-corrected chi connectivity index (χ2v) is 10.6. The summed E-state index contributed by atoms with van der Waals surface area (Å²) in [6.45, 7) is 7.38. The first-order valence-electron chi connectivity index (χ1n) is 10.6. The highest BCUT2D eigenvalue weighted by molar-refractivity contribution is 7.89. The van der Waals surface area contributed by atoms with E-state index >= 15 is 0 Å². The van der Waals surface area contributed by atoms with E-state index in [2.05, 4.69) is 19.2 Å². The van der Waals surface area contributed by atoms with Gasteiger partial charge in [-0.25, -0.2) is 8.42 Å². The van der Waals surface area contributed by atoms with Gasteiger partial charge in [-0.05, 0) is 56.2 Å². The average molecular weight is 419 g/mol. The van der Waals surface area contributed by atoms with Crippen LogP contribution in [0.4, 0.5) is 0 Å². The van der Waals surface area contributed by atoms with Crippen LogP contribution in [-0.2, 0) is 10.0 Å². The summed E-state index contributed by atoms with van der Waals surface area (Å²) in [6, 6.07) is 5.02. The standard InChI is InChI=1S/C22H30N2O4S/c1-14-7-6-8-19(15(14)2)23-22(25)21-16(3)18-13-17(9-10-20(18)28-21)29(26,27)24-11-4-5-12-24/h9-10,13-15,19H,4-8,11-12H2,1-3H3,(H,23,25). The number of hydrogen-bond donors (Lipinski definition) is 1. The van der Waals surface area contributed by atoms with Gasteiger partial charge < -0.3 is 9.73 Å². The largest absolute Gasteiger partial charge is 0.451 e. The summed E-state index contributed by atoms with van der Waals surface area (Å²) in [5.74, 6) is 1.08. The molecule has 2 fully saturated rings. The van der Waals surface area contributed by atoms with Crippen molar-refractivity contribution in [1.82, 2.24) is 9.62 Å². The number of sulfonamides is 1. The maximum atomic E-state index is 12.9. The van der Waals surface area contributed by atoms with Crippen molar-refractivity contribution < 1.29 is 17.6 Å². The molecule has 6 nitrogen and oxygen atoms in total. The van der Waals surface area contributed by atoms with Crippen LogP contribution in [-0.4, -0.2) is 37.8 Å². The van der Waals surface area contributed by atoms with Gasteiger partial charge in [0.1, 0.15) is 5.58 Å². The number of carbonyl (C=O) groups excluding carboxylic acids is 1. The van der Waals surface area contributed by atoms with Gasteiger partial charge in [-0.1, -0.05) is 26.7 Å². The van der Waals surface area contributed by atoms with Gasteiger partial charge in [0.25, 0.3) is 5.91 Å². The van der Waals surface area contributed by atoms with Crippen LogP contribution in [0, 0.1) is 18.8 Å². The molecule has 1 saturated heterocycles. The van der Waals surface area contributed by atoms with Crippen molar-refractivity contribution in [3.05, 3.63) is 29.5 Å². The van der Waals surface area contributed by atoms with Crippen LogP contribution in [0.5, 0.6) is 0 Å². The fourth-order valence-electron chi connectivity index (χ4n) is 4.67. The van der Waals surface area contributed by atoms with Crippen LogP contribution in [0.15, 0.2) is 27.5 Å². The molecular weight excluding hydrogens is 388 g/mol. The molecule has 29 heavy (non-hydrogen) atoms. The Balaban J connectivity index is 1.61. The number of amides is 1. The van der Waals surface area contributed by atoms with Gasteiger partial charge in [-0.15, -0.1) is 0 Å². The van der Waals surface area contributed by atoms with Crippen LogP contribution in [0.1, 0.15) is 62.1 Å². The van der Waals surface area contributed by atoms with Gasteiger partial charge in [0.15, 0.2) is 5.76 Å². The summed E-state index contributed by atoms with van der Waals surface area (Å²) in [7, 11) is -3.50. The number of furan rings is 1. The maximum Gasteiger partial charge on any atom is 0.287 e. The number of benzene rings is 1. The molecule has 4 rings (SSSR count). The van der Waals surface area contributed by atoms with Gasteiger partial charge in [-0.3, -0.25) is 4.79 Å². The fourth-order valence-corrected chi connectivity index (χ4v) is 6.22. The Kier molecular flexibility index (Phi) is 5.46. The SMILES string of the molecule is Cc1c(C(=O)NC2CCCC(C)C2C)oc2ccc(S(=O)(=O)N3CCCC3)cc12. The Morgan fingerprint density at radius 2 is 1.86 bits per heavy atom. The zero-order valence-electron chi connectivity index (χ0n) is 17.4. The molecule has 7 heteroatoms. The van der Waals surface area contributed by atoms with Gasteiger partial charge in [0.05, 0.1) is 4.90 Å². The molecule has 1 aliphatic heterocycles. The van der Waals surface area contributed by atoms with E-state index in [-0.39, 0.29) is 22.6 Å². The highest BCUT2D eigenvalue weighted by atomic mass is 32.2. The lowest BCUT2D eigenvalue weighted by Crippen LogP contribution is -2.43. The van der Waals surface area contributed by atoms with Crippen molar-refractivity contribution in [1.29, 1.82) is 0 Å². The van der Waals surface area contributed by atoms with Crippen LogP contribution in [0.3, 0.4) is 0 Å².